The van der Waals surface area contributed by atoms with E-state index >= 15 is 0 Å². The monoisotopic (exact) mass is 344 g/mol. The molecule has 2 fully saturated rings. The first kappa shape index (κ1) is 19.0. The number of nitriles is 1. The maximum absolute atomic E-state index is 12.1. The van der Waals surface area contributed by atoms with E-state index in [0.717, 1.165) is 25.2 Å². The van der Waals surface area contributed by atoms with Gasteiger partial charge in [0.2, 0.25) is 0 Å². The van der Waals surface area contributed by atoms with Crippen molar-refractivity contribution in [3.05, 3.63) is 23.9 Å². The maximum Gasteiger partial charge on any atom is 0.410 e. The third-order valence-electron chi connectivity index (χ3n) is 4.37. The quantitative estimate of drug-likeness (QED) is 0.779. The number of pyridine rings is 1. The Labute approximate surface area is 150 Å². The lowest BCUT2D eigenvalue weighted by molar-refractivity contribution is -0.00713. The minimum atomic E-state index is -0.468. The van der Waals surface area contributed by atoms with E-state index in [1.54, 1.807) is 17.2 Å². The zero-order chi connectivity index (χ0) is 18.7. The molecule has 1 aromatic heterocycles. The molecule has 0 saturated carbocycles. The van der Waals surface area contributed by atoms with E-state index in [1.807, 2.05) is 40.7 Å². The molecular formula is C19H28N4O2. The van der Waals surface area contributed by atoms with Crippen LogP contribution in [-0.4, -0.2) is 46.8 Å². The highest BCUT2D eigenvalue weighted by Crippen LogP contribution is 2.40. The zero-order valence-electron chi connectivity index (χ0n) is 15.9. The summed E-state index contributed by atoms with van der Waals surface area (Å²) in [5.74, 6) is 0.880. The van der Waals surface area contributed by atoms with Gasteiger partial charge in [-0.15, -0.1) is 0 Å². The number of hydrogen-bond donors (Lipinski definition) is 0. The summed E-state index contributed by atoms with van der Waals surface area (Å²) in [5, 5.41) is 8.88. The summed E-state index contributed by atoms with van der Waals surface area (Å²) in [6.45, 7) is 11.9. The Morgan fingerprint density at radius 2 is 2.00 bits per heavy atom. The van der Waals surface area contributed by atoms with E-state index in [1.165, 1.54) is 0 Å². The highest BCUT2D eigenvalue weighted by molar-refractivity contribution is 5.70. The van der Waals surface area contributed by atoms with Crippen LogP contribution >= 0.6 is 0 Å². The summed E-state index contributed by atoms with van der Waals surface area (Å²) in [4.78, 5) is 20.6. The van der Waals surface area contributed by atoms with Gasteiger partial charge < -0.3 is 14.5 Å². The highest BCUT2D eigenvalue weighted by atomic mass is 16.6. The molecule has 6 heteroatoms. The van der Waals surface area contributed by atoms with Gasteiger partial charge in [-0.25, -0.2) is 9.78 Å². The molecule has 0 N–H and O–H groups in total. The van der Waals surface area contributed by atoms with E-state index in [-0.39, 0.29) is 11.6 Å². The smallest absolute Gasteiger partial charge is 0.410 e. The summed E-state index contributed by atoms with van der Waals surface area (Å²) in [5.41, 5.74) is 0.0630. The van der Waals surface area contributed by atoms with Gasteiger partial charge in [-0.05, 0) is 45.7 Å². The molecule has 6 nitrogen and oxygen atoms in total. The number of aromatic nitrogens is 1. The summed E-state index contributed by atoms with van der Waals surface area (Å²) >= 11 is 0. The van der Waals surface area contributed by atoms with Crippen molar-refractivity contribution in [2.45, 2.75) is 58.6 Å². The molecule has 136 valence electrons. The lowest BCUT2D eigenvalue weighted by atomic mass is 9.87. The Morgan fingerprint density at radius 1 is 1.32 bits per heavy atom. The van der Waals surface area contributed by atoms with Crippen molar-refractivity contribution in [3.63, 3.8) is 0 Å². The number of carbonyl (C=O) groups excluding carboxylic acids is 1. The van der Waals surface area contributed by atoms with Crippen molar-refractivity contribution < 1.29 is 9.53 Å². The average Bonchev–Trinajstić information content (AvgIpc) is 2.99. The average molecular weight is 344 g/mol. The first-order valence-corrected chi connectivity index (χ1v) is 8.95. The molecule has 0 unspecified atom stereocenters. The molecule has 0 atom stereocenters. The Bertz CT molecular complexity index is 637. The van der Waals surface area contributed by atoms with Crippen LogP contribution in [0.1, 0.15) is 53.0 Å². The molecule has 0 aliphatic carbocycles. The first-order valence-electron chi connectivity index (χ1n) is 8.95. The summed E-state index contributed by atoms with van der Waals surface area (Å²) in [7, 11) is 0. The second kappa shape index (κ2) is 7.30. The normalized spacial score (nSPS) is 18.1. The number of amides is 1. The van der Waals surface area contributed by atoms with E-state index < -0.39 is 5.60 Å². The summed E-state index contributed by atoms with van der Waals surface area (Å²) < 4.78 is 5.43. The third kappa shape index (κ3) is 4.04. The Kier molecular flexibility index (Phi) is 5.56. The minimum Gasteiger partial charge on any atom is -0.444 e. The summed E-state index contributed by atoms with van der Waals surface area (Å²) in [6, 6.07) is 5.77. The molecule has 25 heavy (non-hydrogen) atoms. The van der Waals surface area contributed by atoms with Gasteiger partial charge in [0.15, 0.2) is 0 Å². The van der Waals surface area contributed by atoms with Crippen LogP contribution in [0.3, 0.4) is 0 Å². The second-order valence-corrected chi connectivity index (χ2v) is 7.33. The predicted octanol–water partition coefficient (Wildman–Crippen LogP) is 3.57. The van der Waals surface area contributed by atoms with Crippen molar-refractivity contribution in [1.29, 1.82) is 5.26 Å². The predicted molar refractivity (Wildman–Crippen MR) is 97.4 cm³/mol. The first-order chi connectivity index (χ1) is 11.8. The Hall–Kier alpha value is -2.29. The fraction of sp³-hybridized carbons (Fsp3) is 0.632. The molecular weight excluding hydrogens is 316 g/mol. The fourth-order valence-corrected chi connectivity index (χ4v) is 3.36. The number of rotatable bonds is 1. The second-order valence-electron chi connectivity index (χ2n) is 7.33. The van der Waals surface area contributed by atoms with Crippen LogP contribution in [0.4, 0.5) is 10.6 Å². The molecule has 0 radical (unpaired) electrons. The van der Waals surface area contributed by atoms with Gasteiger partial charge in [0, 0.05) is 25.8 Å². The minimum absolute atomic E-state index is 0.0297. The number of carbonyl (C=O) groups is 1. The van der Waals surface area contributed by atoms with Gasteiger partial charge in [0.1, 0.15) is 17.5 Å². The van der Waals surface area contributed by atoms with Gasteiger partial charge in [-0.1, -0.05) is 13.8 Å². The van der Waals surface area contributed by atoms with E-state index in [4.69, 9.17) is 10.00 Å². The van der Waals surface area contributed by atoms with Gasteiger partial charge in [-0.3, -0.25) is 0 Å². The zero-order valence-corrected chi connectivity index (χ0v) is 15.9. The molecule has 0 aromatic carbocycles. The number of nitrogens with zero attached hydrogens (tertiary/aromatic N) is 4. The number of anilines is 1. The van der Waals surface area contributed by atoms with Gasteiger partial charge >= 0.3 is 6.09 Å². The molecule has 2 aliphatic heterocycles. The van der Waals surface area contributed by atoms with Crippen LogP contribution in [0, 0.1) is 11.3 Å². The van der Waals surface area contributed by atoms with Crippen molar-refractivity contribution >= 4 is 11.9 Å². The maximum atomic E-state index is 12.1. The fourth-order valence-electron chi connectivity index (χ4n) is 3.36. The van der Waals surface area contributed by atoms with E-state index in [0.29, 0.717) is 18.7 Å². The molecule has 2 aliphatic rings. The van der Waals surface area contributed by atoms with Gasteiger partial charge in [0.25, 0.3) is 0 Å². The summed E-state index contributed by atoms with van der Waals surface area (Å²) in [6.07, 6.45) is 3.49. The molecule has 1 amide bonds. The Balaban J connectivity index is 0.00000109. The van der Waals surface area contributed by atoms with E-state index in [9.17, 15) is 4.79 Å². The van der Waals surface area contributed by atoms with Gasteiger partial charge in [0.05, 0.1) is 11.1 Å². The third-order valence-corrected chi connectivity index (χ3v) is 4.37. The SMILES string of the molecule is CC.CC(C)(C)OC(=O)N1CC2(CCCN2c2ccc(C#N)cn2)C1. The Morgan fingerprint density at radius 3 is 2.52 bits per heavy atom. The van der Waals surface area contributed by atoms with Crippen molar-refractivity contribution in [1.82, 2.24) is 9.88 Å². The lowest BCUT2D eigenvalue weighted by Gasteiger charge is -2.52. The van der Waals surface area contributed by atoms with E-state index in [2.05, 4.69) is 16.0 Å². The number of likely N-dealkylation sites (tertiary alicyclic amines) is 1. The van der Waals surface area contributed by atoms with Crippen LogP contribution in [0.2, 0.25) is 0 Å². The van der Waals surface area contributed by atoms with Crippen LogP contribution in [0.25, 0.3) is 0 Å². The van der Waals surface area contributed by atoms with Crippen molar-refractivity contribution in [3.8, 4) is 6.07 Å². The lowest BCUT2D eigenvalue weighted by Crippen LogP contribution is -2.69. The molecule has 0 bridgehead atoms. The number of hydrogen-bond acceptors (Lipinski definition) is 5. The number of ether oxygens (including phenoxy) is 1. The topological polar surface area (TPSA) is 69.5 Å². The molecule has 1 spiro atoms. The van der Waals surface area contributed by atoms with Crippen molar-refractivity contribution in [2.75, 3.05) is 24.5 Å². The van der Waals surface area contributed by atoms with Crippen LogP contribution in [-0.2, 0) is 4.74 Å². The van der Waals surface area contributed by atoms with Crippen LogP contribution in [0.5, 0.6) is 0 Å². The van der Waals surface area contributed by atoms with Gasteiger partial charge in [-0.2, -0.15) is 5.26 Å². The van der Waals surface area contributed by atoms with Crippen LogP contribution < -0.4 is 4.90 Å². The molecule has 3 heterocycles. The van der Waals surface area contributed by atoms with Crippen LogP contribution in [0.15, 0.2) is 18.3 Å². The van der Waals surface area contributed by atoms with Crippen molar-refractivity contribution in [2.24, 2.45) is 0 Å². The molecule has 2 saturated heterocycles. The highest BCUT2D eigenvalue weighted by Gasteiger charge is 2.53. The molecule has 3 rings (SSSR count). The standard InChI is InChI=1S/C17H22N4O2.C2H6/c1-16(2,3)23-15(22)20-11-17(12-20)7-4-8-21(17)14-6-5-13(9-18)10-19-14;1-2/h5-6,10H,4,7-8,11-12H2,1-3H3;1-2H3. The molecule has 1 aromatic rings. The largest absolute Gasteiger partial charge is 0.444 e.